The van der Waals surface area contributed by atoms with E-state index in [4.69, 9.17) is 8.92 Å². The molecule has 0 heterocycles. The van der Waals surface area contributed by atoms with Crippen LogP contribution < -0.4 is 4.13 Å². The van der Waals surface area contributed by atoms with Crippen molar-refractivity contribution in [3.8, 4) is 0 Å². The summed E-state index contributed by atoms with van der Waals surface area (Å²) in [6.45, 7) is 1.43. The number of rotatable bonds is 8. The van der Waals surface area contributed by atoms with Gasteiger partial charge in [0.05, 0.1) is 13.0 Å². The monoisotopic (exact) mass is 525 g/mol. The third-order valence-corrected chi connectivity index (χ3v) is 9.66. The number of sulfonamides is 1. The average Bonchev–Trinajstić information content (AvgIpc) is 2.63. The predicted molar refractivity (Wildman–Crippen MR) is 114 cm³/mol. The highest BCUT2D eigenvalue weighted by molar-refractivity contribution is 8.03. The molecule has 4 bridgehead atoms. The average molecular weight is 526 g/mol. The Kier molecular flexibility index (Phi) is 6.31. The van der Waals surface area contributed by atoms with Crippen molar-refractivity contribution >= 4 is 26.3 Å². The Hall–Kier alpha value is -1.70. The van der Waals surface area contributed by atoms with Gasteiger partial charge in [0.1, 0.15) is 5.60 Å². The van der Waals surface area contributed by atoms with Crippen LogP contribution in [0.5, 0.6) is 0 Å². The van der Waals surface area contributed by atoms with Crippen LogP contribution in [-0.4, -0.2) is 40.5 Å². The van der Waals surface area contributed by atoms with E-state index in [9.17, 15) is 34.8 Å². The SMILES string of the molecule is Cc1cccc(CC(=O)OC23CC4CC(CC(COS(=O)(=O)NS(=O)(=O)C(F)(F)F)(C4)C2)C3)c1. The Morgan fingerprint density at radius 2 is 1.76 bits per heavy atom. The normalized spacial score (nSPS) is 30.9. The lowest BCUT2D eigenvalue weighted by Gasteiger charge is -2.60. The van der Waals surface area contributed by atoms with Crippen LogP contribution in [0.4, 0.5) is 13.2 Å². The lowest BCUT2D eigenvalue weighted by Crippen LogP contribution is -2.59. The van der Waals surface area contributed by atoms with Gasteiger partial charge in [-0.1, -0.05) is 34.0 Å². The second-order valence-electron chi connectivity index (χ2n) is 10.0. The molecule has 0 saturated heterocycles. The van der Waals surface area contributed by atoms with E-state index in [1.54, 1.807) is 0 Å². The van der Waals surface area contributed by atoms with E-state index < -0.39 is 49.4 Å². The summed E-state index contributed by atoms with van der Waals surface area (Å²) < 4.78 is 95.3. The maximum atomic E-state index is 12.7. The number of aryl methyl sites for hydroxylation is 1. The summed E-state index contributed by atoms with van der Waals surface area (Å²) >= 11 is 0. The van der Waals surface area contributed by atoms with Crippen molar-refractivity contribution in [2.75, 3.05) is 6.61 Å². The van der Waals surface area contributed by atoms with Gasteiger partial charge in [0.25, 0.3) is 0 Å². The minimum absolute atomic E-state index is 0.0931. The molecule has 1 aromatic carbocycles. The van der Waals surface area contributed by atoms with Gasteiger partial charge in [-0.2, -0.15) is 21.6 Å². The molecule has 4 saturated carbocycles. The number of esters is 1. The molecule has 2 atom stereocenters. The summed E-state index contributed by atoms with van der Waals surface area (Å²) in [6.07, 6.45) is 3.72. The predicted octanol–water partition coefficient (Wildman–Crippen LogP) is 3.12. The van der Waals surface area contributed by atoms with E-state index in [2.05, 4.69) is 0 Å². The topological polar surface area (TPSA) is 116 Å². The molecule has 4 aliphatic carbocycles. The van der Waals surface area contributed by atoms with Crippen LogP contribution in [0.3, 0.4) is 0 Å². The minimum atomic E-state index is -6.13. The van der Waals surface area contributed by atoms with E-state index in [0.717, 1.165) is 17.5 Å². The van der Waals surface area contributed by atoms with Gasteiger partial charge in [-0.05, 0) is 68.3 Å². The fraction of sp³-hybridized carbons (Fsp3) is 0.667. The van der Waals surface area contributed by atoms with E-state index >= 15 is 0 Å². The molecule has 0 radical (unpaired) electrons. The maximum Gasteiger partial charge on any atom is 0.512 e. The summed E-state index contributed by atoms with van der Waals surface area (Å²) in [5.74, 6) is -0.0773. The fourth-order valence-electron chi connectivity index (χ4n) is 6.33. The highest BCUT2D eigenvalue weighted by Gasteiger charge is 2.60. The van der Waals surface area contributed by atoms with Gasteiger partial charge in [-0.15, -0.1) is 0 Å². The van der Waals surface area contributed by atoms with E-state index in [0.29, 0.717) is 36.2 Å². The number of alkyl halides is 3. The highest BCUT2D eigenvalue weighted by atomic mass is 32.3. The quantitative estimate of drug-likeness (QED) is 0.519. The van der Waals surface area contributed by atoms with Crippen molar-refractivity contribution in [2.24, 2.45) is 17.3 Å². The number of carbonyl (C=O) groups excluding carboxylic acids is 1. The van der Waals surface area contributed by atoms with Gasteiger partial charge >= 0.3 is 31.8 Å². The summed E-state index contributed by atoms with van der Waals surface area (Å²) in [7, 11) is -11.3. The van der Waals surface area contributed by atoms with Gasteiger partial charge in [0.15, 0.2) is 0 Å². The van der Waals surface area contributed by atoms with Crippen molar-refractivity contribution in [1.82, 2.24) is 4.13 Å². The van der Waals surface area contributed by atoms with E-state index in [-0.39, 0.29) is 18.3 Å². The van der Waals surface area contributed by atoms with Gasteiger partial charge < -0.3 is 4.74 Å². The summed E-state index contributed by atoms with van der Waals surface area (Å²) in [5, 5.41) is 0. The second kappa shape index (κ2) is 8.45. The third kappa shape index (κ3) is 5.42. The summed E-state index contributed by atoms with van der Waals surface area (Å²) in [5.41, 5.74) is -5.48. The van der Waals surface area contributed by atoms with Crippen molar-refractivity contribution in [3.05, 3.63) is 35.4 Å². The lowest BCUT2D eigenvalue weighted by molar-refractivity contribution is -0.205. The summed E-state index contributed by atoms with van der Waals surface area (Å²) in [6, 6.07) is 7.49. The van der Waals surface area contributed by atoms with Crippen LogP contribution in [0.1, 0.15) is 49.7 Å². The van der Waals surface area contributed by atoms with Crippen LogP contribution in [0.15, 0.2) is 24.3 Å². The molecule has 0 aliphatic heterocycles. The molecular weight excluding hydrogens is 499 g/mol. The number of benzene rings is 1. The Labute approximate surface area is 196 Å². The number of hydrogen-bond acceptors (Lipinski definition) is 7. The largest absolute Gasteiger partial charge is 0.512 e. The fourth-order valence-corrected chi connectivity index (χ4v) is 8.38. The van der Waals surface area contributed by atoms with E-state index in [1.165, 1.54) is 0 Å². The Morgan fingerprint density at radius 3 is 2.35 bits per heavy atom. The smallest absolute Gasteiger partial charge is 0.459 e. The lowest BCUT2D eigenvalue weighted by atomic mass is 9.48. The molecule has 13 heteroatoms. The first-order chi connectivity index (χ1) is 15.6. The van der Waals surface area contributed by atoms with E-state index in [1.807, 2.05) is 31.2 Å². The van der Waals surface area contributed by atoms with Crippen LogP contribution in [0.2, 0.25) is 0 Å². The molecule has 0 spiro atoms. The van der Waals surface area contributed by atoms with Crippen LogP contribution in [0.25, 0.3) is 0 Å². The molecule has 190 valence electrons. The van der Waals surface area contributed by atoms with Crippen molar-refractivity contribution in [3.63, 3.8) is 0 Å². The van der Waals surface area contributed by atoms with Gasteiger partial charge in [-0.3, -0.25) is 8.98 Å². The molecule has 8 nitrogen and oxygen atoms in total. The van der Waals surface area contributed by atoms with Gasteiger partial charge in [0, 0.05) is 0 Å². The number of halogens is 3. The van der Waals surface area contributed by atoms with Crippen molar-refractivity contribution in [2.45, 2.75) is 63.0 Å². The van der Waals surface area contributed by atoms with Gasteiger partial charge in [0.2, 0.25) is 0 Å². The highest BCUT2D eigenvalue weighted by Crippen LogP contribution is 2.63. The molecule has 5 rings (SSSR count). The Bertz CT molecular complexity index is 1170. The Morgan fingerprint density at radius 1 is 1.12 bits per heavy atom. The Balaban J connectivity index is 1.45. The molecule has 0 aromatic heterocycles. The standard InChI is InChI=1S/C21H26F3NO7S2/c1-14-3-2-4-15(5-14)7-18(26)32-20-10-16-6-17(11-20)9-19(8-16,12-20)13-31-34(29,30)25-33(27,28)21(22,23)24/h2-5,16-17,25H,6-13H2,1H3. The first-order valence-corrected chi connectivity index (χ1v) is 13.8. The number of nitrogens with one attached hydrogen (secondary N) is 1. The van der Waals surface area contributed by atoms with Gasteiger partial charge in [-0.25, -0.2) is 8.42 Å². The summed E-state index contributed by atoms with van der Waals surface area (Å²) in [4.78, 5) is 12.7. The first-order valence-electron chi connectivity index (χ1n) is 10.9. The zero-order chi connectivity index (χ0) is 25.0. The molecule has 4 fully saturated rings. The molecule has 34 heavy (non-hydrogen) atoms. The molecule has 1 N–H and O–H groups in total. The number of hydrogen-bond donors (Lipinski definition) is 1. The molecule has 2 unspecified atom stereocenters. The number of carbonyl (C=O) groups is 1. The van der Waals surface area contributed by atoms with Crippen LogP contribution >= 0.6 is 0 Å². The third-order valence-electron chi connectivity index (χ3n) is 6.93. The van der Waals surface area contributed by atoms with Crippen molar-refractivity contribution < 1.29 is 43.7 Å². The first kappa shape index (κ1) is 25.4. The number of ether oxygens (including phenoxy) is 1. The molecular formula is C21H26F3NO7S2. The molecule has 1 aromatic rings. The van der Waals surface area contributed by atoms with Crippen LogP contribution in [0, 0.1) is 24.2 Å². The second-order valence-corrected chi connectivity index (χ2v) is 13.3. The molecule has 0 amide bonds. The maximum absolute atomic E-state index is 12.7. The zero-order valence-corrected chi connectivity index (χ0v) is 20.1. The van der Waals surface area contributed by atoms with Crippen molar-refractivity contribution in [1.29, 1.82) is 0 Å². The van der Waals surface area contributed by atoms with Crippen LogP contribution in [-0.2, 0) is 40.5 Å². The minimum Gasteiger partial charge on any atom is -0.459 e. The molecule has 4 aliphatic rings. The zero-order valence-electron chi connectivity index (χ0n) is 18.4.